The van der Waals surface area contributed by atoms with Gasteiger partial charge in [-0.05, 0) is 48.1 Å². The maximum atomic E-state index is 12.0. The van der Waals surface area contributed by atoms with Crippen LogP contribution in [-0.2, 0) is 11.2 Å². The molecule has 0 unspecified atom stereocenters. The number of hydrogen-bond acceptors (Lipinski definition) is 4. The van der Waals surface area contributed by atoms with Gasteiger partial charge in [-0.15, -0.1) is 0 Å². The van der Waals surface area contributed by atoms with Crippen molar-refractivity contribution >= 4 is 40.5 Å². The molecule has 8 heteroatoms. The molecule has 0 bridgehead atoms. The molecule has 0 saturated carbocycles. The molecule has 2 rings (SSSR count). The third-order valence-corrected chi connectivity index (χ3v) is 3.65. The minimum atomic E-state index is -0.248. The van der Waals surface area contributed by atoms with E-state index in [1.165, 1.54) is 0 Å². The number of methoxy groups -OCH3 is 2. The lowest BCUT2D eigenvalue weighted by Gasteiger charge is -2.12. The first-order valence-electron chi connectivity index (χ1n) is 7.34. The lowest BCUT2D eigenvalue weighted by Crippen LogP contribution is -2.44. The Morgan fingerprint density at radius 1 is 1.08 bits per heavy atom. The topological polar surface area (TPSA) is 71.6 Å². The molecule has 0 heterocycles. The summed E-state index contributed by atoms with van der Waals surface area (Å²) in [7, 11) is 3.10. The minimum absolute atomic E-state index is 0.160. The SMILES string of the molecule is COc1ccc(CC(=O)NNC(=S)Nc2cccc(Cl)c2)cc1OC. The molecule has 2 aromatic rings. The molecule has 132 valence electrons. The van der Waals surface area contributed by atoms with E-state index in [1.807, 2.05) is 6.07 Å². The number of ether oxygens (including phenoxy) is 2. The van der Waals surface area contributed by atoms with Crippen LogP contribution in [0.3, 0.4) is 0 Å². The average Bonchev–Trinajstić information content (AvgIpc) is 2.60. The molecule has 0 aliphatic carbocycles. The van der Waals surface area contributed by atoms with Crippen LogP contribution in [0.2, 0.25) is 5.02 Å². The van der Waals surface area contributed by atoms with Crippen molar-refractivity contribution in [3.63, 3.8) is 0 Å². The fourth-order valence-electron chi connectivity index (χ4n) is 2.08. The smallest absolute Gasteiger partial charge is 0.242 e. The number of carbonyl (C=O) groups is 1. The zero-order chi connectivity index (χ0) is 18.2. The normalized spacial score (nSPS) is 9.88. The molecular weight excluding hydrogens is 362 g/mol. The van der Waals surface area contributed by atoms with Gasteiger partial charge >= 0.3 is 0 Å². The fraction of sp³-hybridized carbons (Fsp3) is 0.176. The Balaban J connectivity index is 1.85. The van der Waals surface area contributed by atoms with Crippen LogP contribution in [0, 0.1) is 0 Å². The van der Waals surface area contributed by atoms with Gasteiger partial charge in [-0.2, -0.15) is 0 Å². The molecule has 25 heavy (non-hydrogen) atoms. The molecule has 3 N–H and O–H groups in total. The predicted molar refractivity (Wildman–Crippen MR) is 102 cm³/mol. The predicted octanol–water partition coefficient (Wildman–Crippen LogP) is 2.92. The first kappa shape index (κ1) is 18.8. The van der Waals surface area contributed by atoms with Crippen LogP contribution in [0.15, 0.2) is 42.5 Å². The number of anilines is 1. The van der Waals surface area contributed by atoms with Gasteiger partial charge in [0.1, 0.15) is 0 Å². The van der Waals surface area contributed by atoms with Gasteiger partial charge < -0.3 is 14.8 Å². The zero-order valence-electron chi connectivity index (χ0n) is 13.8. The van der Waals surface area contributed by atoms with Gasteiger partial charge in [-0.1, -0.05) is 23.7 Å². The van der Waals surface area contributed by atoms with E-state index in [9.17, 15) is 4.79 Å². The highest BCUT2D eigenvalue weighted by atomic mass is 35.5. The summed E-state index contributed by atoms with van der Waals surface area (Å²) in [5, 5.41) is 3.76. The molecule has 0 fully saturated rings. The van der Waals surface area contributed by atoms with E-state index in [-0.39, 0.29) is 17.4 Å². The lowest BCUT2D eigenvalue weighted by atomic mass is 10.1. The molecule has 0 atom stereocenters. The fourth-order valence-corrected chi connectivity index (χ4v) is 2.43. The van der Waals surface area contributed by atoms with Crippen molar-refractivity contribution in [1.29, 1.82) is 0 Å². The highest BCUT2D eigenvalue weighted by Gasteiger charge is 2.08. The average molecular weight is 380 g/mol. The molecule has 2 aromatic carbocycles. The van der Waals surface area contributed by atoms with Crippen LogP contribution in [0.25, 0.3) is 0 Å². The molecule has 1 amide bonds. The summed E-state index contributed by atoms with van der Waals surface area (Å²) < 4.78 is 10.4. The summed E-state index contributed by atoms with van der Waals surface area (Å²) in [6.45, 7) is 0. The van der Waals surface area contributed by atoms with Gasteiger partial charge in [0, 0.05) is 10.7 Å². The Kier molecular flexibility index (Phi) is 6.85. The van der Waals surface area contributed by atoms with E-state index in [2.05, 4.69) is 16.2 Å². The first-order valence-corrected chi connectivity index (χ1v) is 8.12. The number of halogens is 1. The number of hydrogen-bond donors (Lipinski definition) is 3. The van der Waals surface area contributed by atoms with E-state index in [0.717, 1.165) is 11.3 Å². The maximum absolute atomic E-state index is 12.0. The first-order chi connectivity index (χ1) is 12.0. The maximum Gasteiger partial charge on any atom is 0.242 e. The van der Waals surface area contributed by atoms with Crippen molar-refractivity contribution in [1.82, 2.24) is 10.9 Å². The molecule has 0 spiro atoms. The minimum Gasteiger partial charge on any atom is -0.493 e. The Morgan fingerprint density at radius 2 is 1.84 bits per heavy atom. The summed E-state index contributed by atoms with van der Waals surface area (Å²) in [6.07, 6.45) is 0.160. The van der Waals surface area contributed by atoms with E-state index in [1.54, 1.807) is 50.6 Å². The largest absolute Gasteiger partial charge is 0.493 e. The van der Waals surface area contributed by atoms with Gasteiger partial charge in [0.15, 0.2) is 16.6 Å². The van der Waals surface area contributed by atoms with Crippen molar-refractivity contribution in [2.24, 2.45) is 0 Å². The van der Waals surface area contributed by atoms with Crippen molar-refractivity contribution in [2.45, 2.75) is 6.42 Å². The summed E-state index contributed by atoms with van der Waals surface area (Å²) in [6, 6.07) is 12.4. The third kappa shape index (κ3) is 5.81. The molecule has 0 radical (unpaired) electrons. The standard InChI is InChI=1S/C17H18ClN3O3S/c1-23-14-7-6-11(8-15(14)24-2)9-16(22)20-21-17(25)19-13-5-3-4-12(18)10-13/h3-8,10H,9H2,1-2H3,(H,20,22)(H2,19,21,25). The molecule has 0 aliphatic rings. The Morgan fingerprint density at radius 3 is 2.52 bits per heavy atom. The number of amides is 1. The molecule has 0 aliphatic heterocycles. The number of carbonyl (C=O) groups excluding carboxylic acids is 1. The number of benzene rings is 2. The molecular formula is C17H18ClN3O3S. The van der Waals surface area contributed by atoms with Gasteiger partial charge in [0.2, 0.25) is 5.91 Å². The van der Waals surface area contributed by atoms with Crippen molar-refractivity contribution < 1.29 is 14.3 Å². The lowest BCUT2D eigenvalue weighted by molar-refractivity contribution is -0.120. The molecule has 0 saturated heterocycles. The Labute approximate surface area is 156 Å². The van der Waals surface area contributed by atoms with Gasteiger partial charge in [-0.3, -0.25) is 15.6 Å². The highest BCUT2D eigenvalue weighted by molar-refractivity contribution is 7.80. The van der Waals surface area contributed by atoms with Crippen molar-refractivity contribution in [3.05, 3.63) is 53.1 Å². The van der Waals surface area contributed by atoms with E-state index in [0.29, 0.717) is 16.5 Å². The van der Waals surface area contributed by atoms with Gasteiger partial charge in [0.25, 0.3) is 0 Å². The van der Waals surface area contributed by atoms with E-state index in [4.69, 9.17) is 33.3 Å². The van der Waals surface area contributed by atoms with Crippen molar-refractivity contribution in [2.75, 3.05) is 19.5 Å². The number of nitrogens with one attached hydrogen (secondary N) is 3. The summed E-state index contributed by atoms with van der Waals surface area (Å²) in [4.78, 5) is 12.0. The number of hydrazine groups is 1. The second-order valence-electron chi connectivity index (χ2n) is 5.00. The van der Waals surface area contributed by atoms with Crippen LogP contribution in [0.5, 0.6) is 11.5 Å². The number of rotatable bonds is 5. The van der Waals surface area contributed by atoms with Crippen LogP contribution >= 0.6 is 23.8 Å². The van der Waals surface area contributed by atoms with Crippen LogP contribution in [0.4, 0.5) is 5.69 Å². The molecule has 6 nitrogen and oxygen atoms in total. The molecule has 0 aromatic heterocycles. The Hall–Kier alpha value is -2.51. The van der Waals surface area contributed by atoms with Crippen LogP contribution < -0.4 is 25.6 Å². The monoisotopic (exact) mass is 379 g/mol. The third-order valence-electron chi connectivity index (χ3n) is 3.21. The van der Waals surface area contributed by atoms with Crippen molar-refractivity contribution in [3.8, 4) is 11.5 Å². The Bertz CT molecular complexity index is 771. The summed E-state index contributed by atoms with van der Waals surface area (Å²) in [5.41, 5.74) is 6.68. The summed E-state index contributed by atoms with van der Waals surface area (Å²) in [5.74, 6) is 0.929. The van der Waals surface area contributed by atoms with Gasteiger partial charge in [0.05, 0.1) is 20.6 Å². The second kappa shape index (κ2) is 9.10. The number of thiocarbonyl (C=S) groups is 1. The highest BCUT2D eigenvalue weighted by Crippen LogP contribution is 2.27. The van der Waals surface area contributed by atoms with Crippen LogP contribution in [0.1, 0.15) is 5.56 Å². The summed E-state index contributed by atoms with van der Waals surface area (Å²) >= 11 is 11.0. The van der Waals surface area contributed by atoms with E-state index < -0.39 is 0 Å². The zero-order valence-corrected chi connectivity index (χ0v) is 15.3. The van der Waals surface area contributed by atoms with Gasteiger partial charge in [-0.25, -0.2) is 0 Å². The second-order valence-corrected chi connectivity index (χ2v) is 5.85. The van der Waals surface area contributed by atoms with E-state index >= 15 is 0 Å². The van der Waals surface area contributed by atoms with Crippen LogP contribution in [-0.4, -0.2) is 25.2 Å². The quantitative estimate of drug-likeness (QED) is 0.548.